The lowest BCUT2D eigenvalue weighted by molar-refractivity contribution is -0.137. The Hall–Kier alpha value is -3.95. The minimum atomic E-state index is -4.49. The standard InChI is InChI=1S/C23H19F3N4O3/c1-12-10-17-19(21(32)28-12)16-4-3-9-27-20(16)13(2)22(33)30(17)11-18(31)29-15-7-5-14(6-8-15)23(24,25)26/h3-10,13H,11H2,1-2H3,(H,28,32)(H,29,31)/t13-/m0/s1. The van der Waals surface area contributed by atoms with Crippen LogP contribution in [0.1, 0.15) is 29.8 Å². The van der Waals surface area contributed by atoms with Crippen molar-refractivity contribution in [3.8, 4) is 11.1 Å². The van der Waals surface area contributed by atoms with Crippen LogP contribution in [0.4, 0.5) is 24.5 Å². The van der Waals surface area contributed by atoms with Crippen LogP contribution < -0.4 is 15.8 Å². The smallest absolute Gasteiger partial charge is 0.326 e. The van der Waals surface area contributed by atoms with Gasteiger partial charge in [-0.25, -0.2) is 0 Å². The quantitative estimate of drug-likeness (QED) is 0.626. The molecule has 0 bridgehead atoms. The van der Waals surface area contributed by atoms with Crippen molar-refractivity contribution >= 4 is 23.2 Å². The Kier molecular flexibility index (Phi) is 5.52. The number of hydrogen-bond acceptors (Lipinski definition) is 4. The maximum Gasteiger partial charge on any atom is 0.416 e. The first-order valence-electron chi connectivity index (χ1n) is 10.0. The second-order valence-electron chi connectivity index (χ2n) is 7.75. The third kappa shape index (κ3) is 4.23. The number of H-pyrrole nitrogens is 1. The van der Waals surface area contributed by atoms with Gasteiger partial charge in [0, 0.05) is 23.1 Å². The molecule has 10 heteroatoms. The molecule has 1 aliphatic heterocycles. The zero-order valence-electron chi connectivity index (χ0n) is 17.7. The van der Waals surface area contributed by atoms with E-state index in [1.165, 1.54) is 11.1 Å². The van der Waals surface area contributed by atoms with Crippen molar-refractivity contribution in [2.75, 3.05) is 16.8 Å². The number of aromatic amines is 1. The molecular weight excluding hydrogens is 437 g/mol. The lowest BCUT2D eigenvalue weighted by atomic mass is 9.98. The first-order valence-corrected chi connectivity index (χ1v) is 10.0. The fraction of sp³-hybridized carbons (Fsp3) is 0.217. The second kappa shape index (κ2) is 8.19. The maximum absolute atomic E-state index is 13.3. The van der Waals surface area contributed by atoms with Gasteiger partial charge in [0.1, 0.15) is 6.54 Å². The van der Waals surface area contributed by atoms with Crippen molar-refractivity contribution in [1.82, 2.24) is 9.97 Å². The molecular formula is C23H19F3N4O3. The molecule has 2 amide bonds. The van der Waals surface area contributed by atoms with Crippen molar-refractivity contribution in [3.63, 3.8) is 0 Å². The number of nitrogens with zero attached hydrogens (tertiary/aromatic N) is 2. The van der Waals surface area contributed by atoms with Crippen LogP contribution in [0.15, 0.2) is 53.5 Å². The van der Waals surface area contributed by atoms with Crippen molar-refractivity contribution in [2.24, 2.45) is 0 Å². The summed E-state index contributed by atoms with van der Waals surface area (Å²) in [7, 11) is 0. The van der Waals surface area contributed by atoms with Crippen LogP contribution in [-0.2, 0) is 15.8 Å². The van der Waals surface area contributed by atoms with Crippen molar-refractivity contribution in [1.29, 1.82) is 0 Å². The Morgan fingerprint density at radius 3 is 2.55 bits per heavy atom. The Morgan fingerprint density at radius 1 is 1.18 bits per heavy atom. The minimum absolute atomic E-state index is 0.149. The third-order valence-electron chi connectivity index (χ3n) is 5.39. The molecule has 7 nitrogen and oxygen atoms in total. The van der Waals surface area contributed by atoms with Gasteiger partial charge in [-0.15, -0.1) is 0 Å². The highest BCUT2D eigenvalue weighted by Gasteiger charge is 2.35. The van der Waals surface area contributed by atoms with Gasteiger partial charge in [0.25, 0.3) is 5.56 Å². The zero-order chi connectivity index (χ0) is 23.9. The summed E-state index contributed by atoms with van der Waals surface area (Å²) in [5, 5.41) is 2.50. The molecule has 0 radical (unpaired) electrons. The average Bonchev–Trinajstić information content (AvgIpc) is 2.83. The second-order valence-corrected chi connectivity index (χ2v) is 7.75. The highest BCUT2D eigenvalue weighted by molar-refractivity contribution is 6.09. The van der Waals surface area contributed by atoms with E-state index in [9.17, 15) is 27.6 Å². The summed E-state index contributed by atoms with van der Waals surface area (Å²) in [6.45, 7) is 2.86. The number of aromatic nitrogens is 2. The van der Waals surface area contributed by atoms with E-state index in [4.69, 9.17) is 0 Å². The molecule has 170 valence electrons. The van der Waals surface area contributed by atoms with Crippen LogP contribution in [0, 0.1) is 6.92 Å². The van der Waals surface area contributed by atoms with E-state index in [1.807, 2.05) is 0 Å². The van der Waals surface area contributed by atoms with E-state index in [-0.39, 0.29) is 16.9 Å². The molecule has 3 heterocycles. The summed E-state index contributed by atoms with van der Waals surface area (Å²) < 4.78 is 38.3. The predicted octanol–water partition coefficient (Wildman–Crippen LogP) is 3.85. The number of pyridine rings is 2. The van der Waals surface area contributed by atoms with Crippen molar-refractivity contribution in [2.45, 2.75) is 25.9 Å². The van der Waals surface area contributed by atoms with Gasteiger partial charge in [0.2, 0.25) is 11.8 Å². The highest BCUT2D eigenvalue weighted by atomic mass is 19.4. The number of nitrogens with one attached hydrogen (secondary N) is 2. The highest BCUT2D eigenvalue weighted by Crippen LogP contribution is 2.38. The molecule has 0 saturated carbocycles. The van der Waals surface area contributed by atoms with Crippen LogP contribution in [0.25, 0.3) is 11.1 Å². The normalized spacial score (nSPS) is 15.5. The molecule has 1 aromatic carbocycles. The van der Waals surface area contributed by atoms with Crippen molar-refractivity contribution < 1.29 is 22.8 Å². The third-order valence-corrected chi connectivity index (χ3v) is 5.39. The predicted molar refractivity (Wildman–Crippen MR) is 116 cm³/mol. The molecule has 4 rings (SSSR count). The number of fused-ring (bicyclic) bond motifs is 3. The molecule has 0 unspecified atom stereocenters. The topological polar surface area (TPSA) is 95.2 Å². The number of anilines is 2. The minimum Gasteiger partial charge on any atom is -0.326 e. The summed E-state index contributed by atoms with van der Waals surface area (Å²) in [5.41, 5.74) is 0.797. The molecule has 2 N–H and O–H groups in total. The van der Waals surface area contributed by atoms with Gasteiger partial charge in [-0.2, -0.15) is 13.2 Å². The van der Waals surface area contributed by atoms with Crippen molar-refractivity contribution in [3.05, 3.63) is 76.0 Å². The number of hydrogen-bond donors (Lipinski definition) is 2. The molecule has 0 aliphatic carbocycles. The Balaban J connectivity index is 1.69. The summed E-state index contributed by atoms with van der Waals surface area (Å²) >= 11 is 0. The average molecular weight is 456 g/mol. The fourth-order valence-corrected chi connectivity index (χ4v) is 3.84. The van der Waals surface area contributed by atoms with Gasteiger partial charge in [-0.3, -0.25) is 19.4 Å². The number of carbonyl (C=O) groups excluding carboxylic acids is 2. The number of amides is 2. The molecule has 1 atom stereocenters. The number of halogens is 3. The molecule has 0 spiro atoms. The lowest BCUT2D eigenvalue weighted by Crippen LogP contribution is -2.40. The summed E-state index contributed by atoms with van der Waals surface area (Å²) in [4.78, 5) is 47.1. The Morgan fingerprint density at radius 2 is 1.88 bits per heavy atom. The van der Waals surface area contributed by atoms with Gasteiger partial charge in [0.05, 0.1) is 28.4 Å². The Labute approximate surface area is 186 Å². The monoisotopic (exact) mass is 456 g/mol. The first-order chi connectivity index (χ1) is 15.6. The Bertz CT molecular complexity index is 1300. The van der Waals surface area contributed by atoms with Gasteiger partial charge >= 0.3 is 6.18 Å². The lowest BCUT2D eigenvalue weighted by Gasteiger charge is -2.24. The largest absolute Gasteiger partial charge is 0.416 e. The molecule has 3 aromatic rings. The van der Waals surface area contributed by atoms with Gasteiger partial charge in [-0.05, 0) is 50.2 Å². The number of aryl methyl sites for hydroxylation is 1. The molecule has 0 saturated heterocycles. The maximum atomic E-state index is 13.3. The van der Waals surface area contributed by atoms with Gasteiger partial charge in [-0.1, -0.05) is 6.07 Å². The molecule has 33 heavy (non-hydrogen) atoms. The van der Waals surface area contributed by atoms with E-state index in [0.717, 1.165) is 24.3 Å². The number of carbonyl (C=O) groups is 2. The van der Waals surface area contributed by atoms with Gasteiger partial charge in [0.15, 0.2) is 0 Å². The van der Waals surface area contributed by atoms with E-state index >= 15 is 0 Å². The summed E-state index contributed by atoms with van der Waals surface area (Å²) in [5.74, 6) is -1.79. The van der Waals surface area contributed by atoms with Crippen LogP contribution in [0.3, 0.4) is 0 Å². The fourth-order valence-electron chi connectivity index (χ4n) is 3.84. The van der Waals surface area contributed by atoms with E-state index < -0.39 is 41.6 Å². The van der Waals surface area contributed by atoms with Crippen LogP contribution in [-0.4, -0.2) is 28.3 Å². The van der Waals surface area contributed by atoms with Crippen LogP contribution >= 0.6 is 0 Å². The molecule has 0 fully saturated rings. The first kappa shape index (κ1) is 22.3. The number of benzene rings is 1. The number of rotatable bonds is 3. The number of alkyl halides is 3. The van der Waals surface area contributed by atoms with E-state index in [2.05, 4.69) is 15.3 Å². The van der Waals surface area contributed by atoms with Crippen LogP contribution in [0.5, 0.6) is 0 Å². The molecule has 1 aliphatic rings. The summed E-state index contributed by atoms with van der Waals surface area (Å²) in [6, 6.07) is 8.94. The molecule has 2 aromatic heterocycles. The van der Waals surface area contributed by atoms with E-state index in [0.29, 0.717) is 17.0 Å². The summed E-state index contributed by atoms with van der Waals surface area (Å²) in [6.07, 6.45) is -2.97. The SMILES string of the molecule is Cc1cc2c(c(=O)[nH]1)-c1cccnc1[C@H](C)C(=O)N2CC(=O)Nc1ccc(C(F)(F)F)cc1. The van der Waals surface area contributed by atoms with Crippen LogP contribution in [0.2, 0.25) is 0 Å². The van der Waals surface area contributed by atoms with Gasteiger partial charge < -0.3 is 15.2 Å². The van der Waals surface area contributed by atoms with E-state index in [1.54, 1.807) is 32.0 Å². The zero-order valence-corrected chi connectivity index (χ0v) is 17.7.